The molecule has 0 spiro atoms. The largest absolute Gasteiger partial charge is 0.353 e. The van der Waals surface area contributed by atoms with Crippen LogP contribution in [0.25, 0.3) is 22.3 Å². The molecule has 2 aliphatic rings. The number of hydrogen-bond acceptors (Lipinski definition) is 9. The van der Waals surface area contributed by atoms with Crippen molar-refractivity contribution in [3.63, 3.8) is 0 Å². The molecular formula is C26H26FN7O2S. The molecule has 4 heterocycles. The van der Waals surface area contributed by atoms with Crippen LogP contribution in [0.2, 0.25) is 0 Å². The third-order valence-electron chi connectivity index (χ3n) is 6.70. The maximum absolute atomic E-state index is 14.5. The van der Waals surface area contributed by atoms with Gasteiger partial charge in [-0.2, -0.15) is 0 Å². The number of sulfone groups is 1. The van der Waals surface area contributed by atoms with E-state index in [4.69, 9.17) is 9.97 Å². The van der Waals surface area contributed by atoms with Gasteiger partial charge in [0, 0.05) is 55.8 Å². The molecule has 0 amide bonds. The third-order valence-corrected chi connectivity index (χ3v) is 7.81. The molecule has 9 nitrogen and oxygen atoms in total. The first-order valence-corrected chi connectivity index (χ1v) is 14.1. The van der Waals surface area contributed by atoms with E-state index in [-0.39, 0.29) is 10.6 Å². The van der Waals surface area contributed by atoms with Crippen molar-refractivity contribution in [2.75, 3.05) is 42.7 Å². The second kappa shape index (κ2) is 9.31. The number of nitrogens with zero attached hydrogens (tertiary/aromatic N) is 5. The van der Waals surface area contributed by atoms with Crippen molar-refractivity contribution in [3.8, 4) is 11.4 Å². The smallest absolute Gasteiger partial charge is 0.175 e. The normalized spacial score (nSPS) is 16.2. The number of fused-ring (bicyclic) bond motifs is 1. The maximum atomic E-state index is 14.5. The number of nitrogens with one attached hydrogen (secondary N) is 2. The SMILES string of the molecule is CS(=O)(=O)c1ccc(F)c(Nc2cc(-c3nc(N4CCNCC4)c4c(C5CC5)cncc4n3)ccn2)c1. The lowest BCUT2D eigenvalue weighted by Crippen LogP contribution is -2.44. The predicted molar refractivity (Wildman–Crippen MR) is 140 cm³/mol. The van der Waals surface area contributed by atoms with Crippen molar-refractivity contribution in [2.45, 2.75) is 23.7 Å². The lowest BCUT2D eigenvalue weighted by molar-refractivity contribution is 0.586. The Labute approximate surface area is 214 Å². The van der Waals surface area contributed by atoms with Gasteiger partial charge < -0.3 is 15.5 Å². The summed E-state index contributed by atoms with van der Waals surface area (Å²) >= 11 is 0. The molecule has 37 heavy (non-hydrogen) atoms. The monoisotopic (exact) mass is 519 g/mol. The van der Waals surface area contributed by atoms with Crippen LogP contribution in [0.4, 0.5) is 21.7 Å². The standard InChI is InChI=1S/C26H26FN7O2S/c1-37(35,36)18-4-5-20(27)21(13-18)31-23-12-17(6-7-30-23)25-32-22-15-29-14-19(16-2-3-16)24(22)26(33-25)34-10-8-28-9-11-34/h4-7,12-16,28H,2-3,8-11H2,1H3,(H,30,31). The number of pyridine rings is 2. The fourth-order valence-electron chi connectivity index (χ4n) is 4.63. The molecule has 0 atom stereocenters. The van der Waals surface area contributed by atoms with Crippen molar-refractivity contribution in [1.82, 2.24) is 25.3 Å². The van der Waals surface area contributed by atoms with Gasteiger partial charge in [-0.1, -0.05) is 0 Å². The Morgan fingerprint density at radius 1 is 1.08 bits per heavy atom. The van der Waals surface area contributed by atoms with Crippen molar-refractivity contribution < 1.29 is 12.8 Å². The first-order valence-electron chi connectivity index (χ1n) is 12.2. The van der Waals surface area contributed by atoms with Crippen LogP contribution >= 0.6 is 0 Å². The summed E-state index contributed by atoms with van der Waals surface area (Å²) in [5.41, 5.74) is 2.72. The minimum Gasteiger partial charge on any atom is -0.353 e. The quantitative estimate of drug-likeness (QED) is 0.369. The number of halogens is 1. The second-order valence-electron chi connectivity index (χ2n) is 9.47. The van der Waals surface area contributed by atoms with Gasteiger partial charge in [0.05, 0.1) is 22.3 Å². The molecule has 0 bridgehead atoms. The molecule has 11 heteroatoms. The van der Waals surface area contributed by atoms with E-state index in [1.165, 1.54) is 17.7 Å². The van der Waals surface area contributed by atoms with E-state index in [2.05, 4.69) is 25.5 Å². The fourth-order valence-corrected chi connectivity index (χ4v) is 5.28. The predicted octanol–water partition coefficient (Wildman–Crippen LogP) is 3.66. The highest BCUT2D eigenvalue weighted by atomic mass is 32.2. The van der Waals surface area contributed by atoms with Crippen molar-refractivity contribution in [3.05, 3.63) is 60.3 Å². The average Bonchev–Trinajstić information content (AvgIpc) is 3.74. The lowest BCUT2D eigenvalue weighted by Gasteiger charge is -2.30. The van der Waals surface area contributed by atoms with Gasteiger partial charge in [0.2, 0.25) is 0 Å². The zero-order valence-electron chi connectivity index (χ0n) is 20.3. The van der Waals surface area contributed by atoms with Crippen LogP contribution in [0, 0.1) is 5.82 Å². The summed E-state index contributed by atoms with van der Waals surface area (Å²) in [5, 5.41) is 7.36. The Balaban J connectivity index is 1.42. The number of hydrogen-bond donors (Lipinski definition) is 2. The van der Waals surface area contributed by atoms with Crippen LogP contribution < -0.4 is 15.5 Å². The molecule has 1 saturated carbocycles. The van der Waals surface area contributed by atoms with Gasteiger partial charge in [-0.05, 0) is 54.7 Å². The second-order valence-corrected chi connectivity index (χ2v) is 11.5. The van der Waals surface area contributed by atoms with Gasteiger partial charge in [-0.25, -0.2) is 27.8 Å². The summed E-state index contributed by atoms with van der Waals surface area (Å²) in [7, 11) is -3.49. The molecule has 1 aliphatic carbocycles. The van der Waals surface area contributed by atoms with Crippen molar-refractivity contribution >= 4 is 38.1 Å². The molecule has 1 aliphatic heterocycles. The molecule has 0 radical (unpaired) electrons. The minimum atomic E-state index is -3.49. The molecule has 2 N–H and O–H groups in total. The van der Waals surface area contributed by atoms with Gasteiger partial charge in [-0.15, -0.1) is 0 Å². The van der Waals surface area contributed by atoms with E-state index in [1.807, 2.05) is 6.20 Å². The van der Waals surface area contributed by atoms with Crippen LogP contribution in [0.5, 0.6) is 0 Å². The topological polar surface area (TPSA) is 113 Å². The van der Waals surface area contributed by atoms with E-state index >= 15 is 0 Å². The lowest BCUT2D eigenvalue weighted by atomic mass is 10.1. The molecule has 4 aromatic rings. The fraction of sp³-hybridized carbons (Fsp3) is 0.308. The summed E-state index contributed by atoms with van der Waals surface area (Å²) in [5.74, 6) is 1.69. The summed E-state index contributed by atoms with van der Waals surface area (Å²) in [6, 6.07) is 7.16. The van der Waals surface area contributed by atoms with Crippen LogP contribution in [-0.4, -0.2) is 60.8 Å². The average molecular weight is 520 g/mol. The molecular weight excluding hydrogens is 493 g/mol. The number of anilines is 3. The number of rotatable bonds is 6. The van der Waals surface area contributed by atoms with Gasteiger partial charge in [0.15, 0.2) is 15.7 Å². The van der Waals surface area contributed by atoms with Gasteiger partial charge in [0.25, 0.3) is 0 Å². The van der Waals surface area contributed by atoms with E-state index in [9.17, 15) is 12.8 Å². The maximum Gasteiger partial charge on any atom is 0.175 e. The van der Waals surface area contributed by atoms with Crippen molar-refractivity contribution in [1.29, 1.82) is 0 Å². The van der Waals surface area contributed by atoms with E-state index in [1.54, 1.807) is 24.5 Å². The molecule has 6 rings (SSSR count). The first-order chi connectivity index (χ1) is 17.9. The third kappa shape index (κ3) is 4.84. The minimum absolute atomic E-state index is 0.0186. The first kappa shape index (κ1) is 23.7. The molecule has 1 aromatic carbocycles. The molecule has 190 valence electrons. The van der Waals surface area contributed by atoms with Crippen LogP contribution in [0.3, 0.4) is 0 Å². The highest BCUT2D eigenvalue weighted by Crippen LogP contribution is 2.44. The Hall–Kier alpha value is -3.70. The summed E-state index contributed by atoms with van der Waals surface area (Å²) in [6.45, 7) is 3.45. The zero-order valence-corrected chi connectivity index (χ0v) is 21.1. The zero-order chi connectivity index (χ0) is 25.6. The Bertz CT molecular complexity index is 1600. The highest BCUT2D eigenvalue weighted by Gasteiger charge is 2.29. The summed E-state index contributed by atoms with van der Waals surface area (Å²) in [4.78, 5) is 21.0. The Kier molecular flexibility index (Phi) is 5.96. The van der Waals surface area contributed by atoms with E-state index in [0.29, 0.717) is 23.1 Å². The van der Waals surface area contributed by atoms with Crippen LogP contribution in [-0.2, 0) is 9.84 Å². The molecule has 1 saturated heterocycles. The summed E-state index contributed by atoms with van der Waals surface area (Å²) in [6.07, 6.45) is 8.71. The Morgan fingerprint density at radius 3 is 2.65 bits per heavy atom. The number of piperazine rings is 1. The molecule has 2 fully saturated rings. The van der Waals surface area contributed by atoms with E-state index < -0.39 is 15.7 Å². The Morgan fingerprint density at radius 2 is 1.89 bits per heavy atom. The molecule has 0 unspecified atom stereocenters. The van der Waals surface area contributed by atoms with E-state index in [0.717, 1.165) is 68.1 Å². The number of benzene rings is 1. The summed E-state index contributed by atoms with van der Waals surface area (Å²) < 4.78 is 38.3. The van der Waals surface area contributed by atoms with Gasteiger partial charge in [-0.3, -0.25) is 4.98 Å². The van der Waals surface area contributed by atoms with Gasteiger partial charge >= 0.3 is 0 Å². The van der Waals surface area contributed by atoms with Crippen molar-refractivity contribution in [2.24, 2.45) is 0 Å². The van der Waals surface area contributed by atoms with Crippen LogP contribution in [0.15, 0.2) is 53.8 Å². The molecule has 3 aromatic heterocycles. The highest BCUT2D eigenvalue weighted by molar-refractivity contribution is 7.90. The number of aromatic nitrogens is 4. The van der Waals surface area contributed by atoms with Crippen LogP contribution in [0.1, 0.15) is 24.3 Å². The van der Waals surface area contributed by atoms with Gasteiger partial charge in [0.1, 0.15) is 17.5 Å².